The number of aryl methyl sites for hydroxylation is 2. The molecule has 0 N–H and O–H groups in total. The molecule has 1 atom stereocenters. The maximum absolute atomic E-state index is 12.1. The van der Waals surface area contributed by atoms with Gasteiger partial charge in [0.1, 0.15) is 0 Å². The normalized spacial score (nSPS) is 18.8. The van der Waals surface area contributed by atoms with Crippen molar-refractivity contribution in [1.29, 1.82) is 0 Å². The van der Waals surface area contributed by atoms with Gasteiger partial charge in [-0.05, 0) is 37.7 Å². The van der Waals surface area contributed by atoms with Crippen molar-refractivity contribution < 1.29 is 4.79 Å². The van der Waals surface area contributed by atoms with Crippen molar-refractivity contribution in [3.05, 3.63) is 35.4 Å². The van der Waals surface area contributed by atoms with Crippen LogP contribution in [0.5, 0.6) is 0 Å². The van der Waals surface area contributed by atoms with Crippen molar-refractivity contribution in [2.24, 2.45) is 5.92 Å². The summed E-state index contributed by atoms with van der Waals surface area (Å²) in [6.45, 7) is 3.90. The maximum atomic E-state index is 12.1. The molecule has 1 unspecified atom stereocenters. The average Bonchev–Trinajstić information content (AvgIpc) is 2.85. The molecular weight excluding hydrogens is 258 g/mol. The lowest BCUT2D eigenvalue weighted by molar-refractivity contribution is -0.130. The van der Waals surface area contributed by atoms with E-state index in [1.807, 2.05) is 4.90 Å². The predicted molar refractivity (Wildman–Crippen MR) is 79.5 cm³/mol. The van der Waals surface area contributed by atoms with Crippen molar-refractivity contribution in [1.82, 2.24) is 4.90 Å². The van der Waals surface area contributed by atoms with Gasteiger partial charge in [-0.2, -0.15) is 0 Å². The van der Waals surface area contributed by atoms with Crippen molar-refractivity contribution in [2.45, 2.75) is 32.6 Å². The lowest BCUT2D eigenvalue weighted by atomic mass is 10.1. The Morgan fingerprint density at radius 3 is 3.05 bits per heavy atom. The smallest absolute Gasteiger partial charge is 0.222 e. The number of rotatable bonds is 5. The van der Waals surface area contributed by atoms with Gasteiger partial charge >= 0.3 is 0 Å². The van der Waals surface area contributed by atoms with Gasteiger partial charge in [-0.25, -0.2) is 0 Å². The predicted octanol–water partition coefficient (Wildman–Crippen LogP) is 3.41. The van der Waals surface area contributed by atoms with Gasteiger partial charge in [0, 0.05) is 25.4 Å². The second-order valence-electron chi connectivity index (χ2n) is 5.46. The monoisotopic (exact) mass is 279 g/mol. The van der Waals surface area contributed by atoms with Crippen LogP contribution in [-0.4, -0.2) is 29.8 Å². The van der Waals surface area contributed by atoms with Crippen molar-refractivity contribution in [2.75, 3.05) is 19.0 Å². The summed E-state index contributed by atoms with van der Waals surface area (Å²) in [5.74, 6) is 1.61. The Kier molecular flexibility index (Phi) is 5.26. The van der Waals surface area contributed by atoms with E-state index < -0.39 is 0 Å². The number of carbonyl (C=O) groups excluding carboxylic acids is 1. The minimum absolute atomic E-state index is 0.290. The summed E-state index contributed by atoms with van der Waals surface area (Å²) in [5.41, 5.74) is 2.51. The quantitative estimate of drug-likeness (QED) is 0.757. The highest BCUT2D eigenvalue weighted by atomic mass is 35.5. The van der Waals surface area contributed by atoms with Gasteiger partial charge in [-0.3, -0.25) is 4.79 Å². The lowest BCUT2D eigenvalue weighted by Crippen LogP contribution is -2.28. The van der Waals surface area contributed by atoms with Crippen LogP contribution in [0.2, 0.25) is 0 Å². The number of halogens is 1. The third-order valence-electron chi connectivity index (χ3n) is 3.87. The van der Waals surface area contributed by atoms with Crippen molar-refractivity contribution in [3.8, 4) is 0 Å². The zero-order chi connectivity index (χ0) is 13.7. The number of benzene rings is 1. The summed E-state index contributed by atoms with van der Waals surface area (Å²) in [7, 11) is 0. The summed E-state index contributed by atoms with van der Waals surface area (Å²) >= 11 is 5.76. The molecule has 1 amide bonds. The van der Waals surface area contributed by atoms with Gasteiger partial charge in [0.05, 0.1) is 0 Å². The van der Waals surface area contributed by atoms with Crippen LogP contribution >= 0.6 is 11.6 Å². The van der Waals surface area contributed by atoms with E-state index in [9.17, 15) is 4.79 Å². The number of hydrogen-bond donors (Lipinski definition) is 0. The molecular formula is C16H22ClNO. The van der Waals surface area contributed by atoms with E-state index in [2.05, 4.69) is 31.2 Å². The number of amides is 1. The second-order valence-corrected chi connectivity index (χ2v) is 5.84. The van der Waals surface area contributed by atoms with E-state index in [0.717, 1.165) is 32.4 Å². The van der Waals surface area contributed by atoms with Crippen LogP contribution in [0, 0.1) is 12.8 Å². The van der Waals surface area contributed by atoms with Gasteiger partial charge in [0.25, 0.3) is 0 Å². The molecule has 2 nitrogen and oxygen atoms in total. The molecule has 2 rings (SSSR count). The van der Waals surface area contributed by atoms with Crippen LogP contribution in [-0.2, 0) is 11.2 Å². The number of nitrogens with zero attached hydrogens (tertiary/aromatic N) is 1. The highest BCUT2D eigenvalue weighted by Gasteiger charge is 2.25. The van der Waals surface area contributed by atoms with Crippen molar-refractivity contribution >= 4 is 17.5 Å². The Morgan fingerprint density at radius 2 is 2.32 bits per heavy atom. The first-order chi connectivity index (χ1) is 9.19. The molecule has 0 aromatic heterocycles. The zero-order valence-corrected chi connectivity index (χ0v) is 12.3. The van der Waals surface area contributed by atoms with Gasteiger partial charge < -0.3 is 4.90 Å². The molecule has 104 valence electrons. The summed E-state index contributed by atoms with van der Waals surface area (Å²) < 4.78 is 0. The van der Waals surface area contributed by atoms with Gasteiger partial charge in [0.15, 0.2) is 0 Å². The Balaban J connectivity index is 1.79. The SMILES string of the molecule is Cc1cccc(CCC(=O)N2CCC(CCCl)C2)c1. The minimum atomic E-state index is 0.290. The Labute approximate surface area is 120 Å². The molecule has 1 aliphatic rings. The molecule has 3 heteroatoms. The van der Waals surface area contributed by atoms with Crippen LogP contribution < -0.4 is 0 Å². The molecule has 1 heterocycles. The molecule has 0 spiro atoms. The van der Waals surface area contributed by atoms with Crippen LogP contribution in [0.3, 0.4) is 0 Å². The average molecular weight is 280 g/mol. The number of carbonyl (C=O) groups is 1. The van der Waals surface area contributed by atoms with E-state index in [0.29, 0.717) is 24.1 Å². The fourth-order valence-electron chi connectivity index (χ4n) is 2.73. The molecule has 1 aromatic carbocycles. The molecule has 0 aliphatic carbocycles. The topological polar surface area (TPSA) is 20.3 Å². The fraction of sp³-hybridized carbons (Fsp3) is 0.562. The summed E-state index contributed by atoms with van der Waals surface area (Å²) in [5, 5.41) is 0. The summed E-state index contributed by atoms with van der Waals surface area (Å²) in [6, 6.07) is 8.40. The van der Waals surface area contributed by atoms with Gasteiger partial charge in [-0.1, -0.05) is 29.8 Å². The summed E-state index contributed by atoms with van der Waals surface area (Å²) in [6.07, 6.45) is 3.61. The third kappa shape index (κ3) is 4.24. The molecule has 0 bridgehead atoms. The number of hydrogen-bond acceptors (Lipinski definition) is 1. The molecule has 0 saturated carbocycles. The standard InChI is InChI=1S/C16H22ClNO/c1-13-3-2-4-14(11-13)5-6-16(19)18-10-8-15(12-18)7-9-17/h2-4,11,15H,5-10,12H2,1H3. The lowest BCUT2D eigenvalue weighted by Gasteiger charge is -2.16. The van der Waals surface area contributed by atoms with E-state index in [4.69, 9.17) is 11.6 Å². The highest BCUT2D eigenvalue weighted by molar-refractivity contribution is 6.17. The van der Waals surface area contributed by atoms with Gasteiger partial charge in [0.2, 0.25) is 5.91 Å². The van der Waals surface area contributed by atoms with Gasteiger partial charge in [-0.15, -0.1) is 11.6 Å². The third-order valence-corrected chi connectivity index (χ3v) is 4.08. The fourth-order valence-corrected chi connectivity index (χ4v) is 3.03. The maximum Gasteiger partial charge on any atom is 0.222 e. The molecule has 1 aromatic rings. The Bertz CT molecular complexity index is 433. The van der Waals surface area contributed by atoms with Crippen LogP contribution in [0.15, 0.2) is 24.3 Å². The summed E-state index contributed by atoms with van der Waals surface area (Å²) in [4.78, 5) is 14.2. The van der Waals surface area contributed by atoms with E-state index >= 15 is 0 Å². The largest absolute Gasteiger partial charge is 0.342 e. The molecule has 0 radical (unpaired) electrons. The van der Waals surface area contributed by atoms with Crippen LogP contribution in [0.1, 0.15) is 30.4 Å². The van der Waals surface area contributed by atoms with Crippen LogP contribution in [0.4, 0.5) is 0 Å². The zero-order valence-electron chi connectivity index (χ0n) is 11.6. The molecule has 19 heavy (non-hydrogen) atoms. The van der Waals surface area contributed by atoms with E-state index in [-0.39, 0.29) is 0 Å². The molecule has 1 fully saturated rings. The Morgan fingerprint density at radius 1 is 1.47 bits per heavy atom. The first-order valence-electron chi connectivity index (χ1n) is 7.08. The number of alkyl halides is 1. The Hall–Kier alpha value is -1.02. The first kappa shape index (κ1) is 14.4. The minimum Gasteiger partial charge on any atom is -0.342 e. The van der Waals surface area contributed by atoms with E-state index in [1.54, 1.807) is 0 Å². The molecule has 1 saturated heterocycles. The van der Waals surface area contributed by atoms with E-state index in [1.165, 1.54) is 11.1 Å². The highest BCUT2D eigenvalue weighted by Crippen LogP contribution is 2.21. The number of likely N-dealkylation sites (tertiary alicyclic amines) is 1. The second kappa shape index (κ2) is 6.95. The molecule has 1 aliphatic heterocycles. The first-order valence-corrected chi connectivity index (χ1v) is 7.62. The van der Waals surface area contributed by atoms with Crippen LogP contribution in [0.25, 0.3) is 0 Å². The van der Waals surface area contributed by atoms with Crippen molar-refractivity contribution in [3.63, 3.8) is 0 Å².